The summed E-state index contributed by atoms with van der Waals surface area (Å²) in [5.41, 5.74) is 3.99. The lowest BCUT2D eigenvalue weighted by molar-refractivity contribution is -0.255. The molecule has 9 heteroatoms. The third kappa shape index (κ3) is 2.29. The normalized spacial score (nSPS) is 28.5. The molecule has 2 aliphatic rings. The Morgan fingerprint density at radius 3 is 1.93 bits per heavy atom. The maximum Gasteiger partial charge on any atom is 0.293 e. The van der Waals surface area contributed by atoms with Crippen molar-refractivity contribution in [1.29, 1.82) is 10.5 Å². The van der Waals surface area contributed by atoms with Crippen molar-refractivity contribution >= 4 is 5.84 Å². The van der Waals surface area contributed by atoms with Gasteiger partial charge in [-0.05, 0) is 31.5 Å². The highest BCUT2D eigenvalue weighted by molar-refractivity contribution is 6.00. The largest absolute Gasteiger partial charge is 0.493 e. The van der Waals surface area contributed by atoms with Crippen LogP contribution in [-0.4, -0.2) is 46.3 Å². The SMILES string of the molecule is CCOC1(OCC)N=C(N)[C@]2(C#N)[C@H](c3cc(OC)c(OC)c(OC)c3)[C@]12C#N. The topological polar surface area (TPSA) is 132 Å². The second kappa shape index (κ2) is 7.11. The van der Waals surface area contributed by atoms with Crippen molar-refractivity contribution in [3.63, 3.8) is 0 Å². The molecule has 0 saturated heterocycles. The van der Waals surface area contributed by atoms with Gasteiger partial charge in [0, 0.05) is 19.1 Å². The Morgan fingerprint density at radius 1 is 1.00 bits per heavy atom. The molecular formula is C20H24N4O5. The molecule has 0 radical (unpaired) electrons. The van der Waals surface area contributed by atoms with Crippen LogP contribution < -0.4 is 19.9 Å². The Labute approximate surface area is 169 Å². The Hall–Kier alpha value is -3.01. The highest BCUT2D eigenvalue weighted by atomic mass is 16.7. The fraction of sp³-hybridized carbons (Fsp3) is 0.550. The van der Waals surface area contributed by atoms with Crippen LogP contribution in [0.25, 0.3) is 0 Å². The maximum atomic E-state index is 10.3. The van der Waals surface area contributed by atoms with Gasteiger partial charge >= 0.3 is 0 Å². The van der Waals surface area contributed by atoms with Gasteiger partial charge in [0.2, 0.25) is 5.75 Å². The third-order valence-corrected chi connectivity index (χ3v) is 5.63. The van der Waals surface area contributed by atoms with Gasteiger partial charge in [-0.1, -0.05) is 0 Å². The van der Waals surface area contributed by atoms with E-state index in [0.29, 0.717) is 22.8 Å². The number of ether oxygens (including phenoxy) is 5. The van der Waals surface area contributed by atoms with Gasteiger partial charge in [-0.2, -0.15) is 10.5 Å². The Kier molecular flexibility index (Phi) is 5.08. The molecule has 2 N–H and O–H groups in total. The van der Waals surface area contributed by atoms with E-state index in [2.05, 4.69) is 17.1 Å². The first-order valence-corrected chi connectivity index (χ1v) is 9.19. The van der Waals surface area contributed by atoms with E-state index in [9.17, 15) is 10.5 Å². The van der Waals surface area contributed by atoms with Gasteiger partial charge in [-0.25, -0.2) is 4.99 Å². The Balaban J connectivity index is 2.26. The standard InChI is InChI=1S/C20H24N4O5/c1-6-28-20(29-7-2)19(11-22)16(18(19,10-21)17(23)24-20)12-8-13(25-3)15(27-5)14(9-12)26-4/h8-9,16H,6-7H2,1-5H3,(H2,23,24)/t16-,18-,19-/m0/s1. The molecule has 1 aliphatic carbocycles. The van der Waals surface area contributed by atoms with Crippen LogP contribution >= 0.6 is 0 Å². The van der Waals surface area contributed by atoms with Crippen molar-refractivity contribution in [3.05, 3.63) is 17.7 Å². The second-order valence-corrected chi connectivity index (χ2v) is 6.68. The fourth-order valence-corrected chi connectivity index (χ4v) is 4.52. The van der Waals surface area contributed by atoms with Gasteiger partial charge in [0.1, 0.15) is 11.3 Å². The molecule has 3 atom stereocenters. The van der Waals surface area contributed by atoms with Crippen molar-refractivity contribution in [2.24, 2.45) is 21.6 Å². The molecule has 0 spiro atoms. The maximum absolute atomic E-state index is 10.3. The monoisotopic (exact) mass is 400 g/mol. The summed E-state index contributed by atoms with van der Waals surface area (Å²) in [5.74, 6) is -1.10. The van der Waals surface area contributed by atoms with Crippen molar-refractivity contribution in [3.8, 4) is 29.4 Å². The summed E-state index contributed by atoms with van der Waals surface area (Å²) in [7, 11) is 4.49. The predicted octanol–water partition coefficient (Wildman–Crippen LogP) is 1.93. The number of aliphatic imine (C=N–C) groups is 1. The molecular weight excluding hydrogens is 376 g/mol. The molecule has 0 bridgehead atoms. The van der Waals surface area contributed by atoms with Crippen LogP contribution in [0.1, 0.15) is 25.3 Å². The highest BCUT2D eigenvalue weighted by Gasteiger charge is 2.93. The summed E-state index contributed by atoms with van der Waals surface area (Å²) in [4.78, 5) is 4.33. The lowest BCUT2D eigenvalue weighted by Crippen LogP contribution is -2.43. The summed E-state index contributed by atoms with van der Waals surface area (Å²) in [6.07, 6.45) is 0. The molecule has 1 fully saturated rings. The lowest BCUT2D eigenvalue weighted by atomic mass is 9.93. The molecule has 3 rings (SSSR count). The van der Waals surface area contributed by atoms with Crippen LogP contribution in [-0.2, 0) is 9.47 Å². The number of nitrogens with zero attached hydrogens (tertiary/aromatic N) is 3. The first-order valence-electron chi connectivity index (χ1n) is 9.19. The first-order chi connectivity index (χ1) is 13.9. The van der Waals surface area contributed by atoms with Crippen LogP contribution in [0.2, 0.25) is 0 Å². The molecule has 0 amide bonds. The molecule has 0 aromatic heterocycles. The van der Waals surface area contributed by atoms with Crippen LogP contribution in [0.3, 0.4) is 0 Å². The minimum Gasteiger partial charge on any atom is -0.493 e. The summed E-state index contributed by atoms with van der Waals surface area (Å²) >= 11 is 0. The number of methoxy groups -OCH3 is 3. The van der Waals surface area contributed by atoms with Crippen LogP contribution in [0.5, 0.6) is 17.2 Å². The zero-order chi connectivity index (χ0) is 21.4. The lowest BCUT2D eigenvalue weighted by Gasteiger charge is -2.31. The highest BCUT2D eigenvalue weighted by Crippen LogP contribution is 2.82. The van der Waals surface area contributed by atoms with Gasteiger partial charge in [0.25, 0.3) is 5.91 Å². The van der Waals surface area contributed by atoms with Gasteiger partial charge in [0.15, 0.2) is 16.9 Å². The number of fused-ring (bicyclic) bond motifs is 1. The minimum absolute atomic E-state index is 0.0159. The average molecular weight is 400 g/mol. The molecule has 154 valence electrons. The van der Waals surface area contributed by atoms with Crippen LogP contribution in [0.4, 0.5) is 0 Å². The molecule has 1 heterocycles. The van der Waals surface area contributed by atoms with E-state index in [1.165, 1.54) is 21.3 Å². The number of hydrogen-bond donors (Lipinski definition) is 1. The van der Waals surface area contributed by atoms with E-state index in [1.54, 1.807) is 26.0 Å². The quantitative estimate of drug-likeness (QED) is 0.655. The van der Waals surface area contributed by atoms with Gasteiger partial charge in [-0.15, -0.1) is 0 Å². The first kappa shape index (κ1) is 20.7. The number of amidine groups is 1. The summed E-state index contributed by atoms with van der Waals surface area (Å²) in [6.45, 7) is 3.98. The number of rotatable bonds is 8. The molecule has 9 nitrogen and oxygen atoms in total. The van der Waals surface area contributed by atoms with Crippen molar-refractivity contribution in [1.82, 2.24) is 0 Å². The number of nitrogens with two attached hydrogens (primary N) is 1. The fourth-order valence-electron chi connectivity index (χ4n) is 4.52. The third-order valence-electron chi connectivity index (χ3n) is 5.63. The van der Waals surface area contributed by atoms with E-state index in [0.717, 1.165) is 0 Å². The van der Waals surface area contributed by atoms with Gasteiger partial charge in [0.05, 0.1) is 33.5 Å². The van der Waals surface area contributed by atoms with E-state index in [4.69, 9.17) is 29.4 Å². The average Bonchev–Trinajstić information content (AvgIpc) is 3.31. The van der Waals surface area contributed by atoms with E-state index in [-0.39, 0.29) is 19.0 Å². The molecule has 1 aliphatic heterocycles. The van der Waals surface area contributed by atoms with Gasteiger partial charge < -0.3 is 29.4 Å². The summed E-state index contributed by atoms with van der Waals surface area (Å²) in [6, 6.07) is 7.91. The second-order valence-electron chi connectivity index (χ2n) is 6.68. The van der Waals surface area contributed by atoms with E-state index >= 15 is 0 Å². The molecule has 0 unspecified atom stereocenters. The van der Waals surface area contributed by atoms with Gasteiger partial charge in [-0.3, -0.25) is 0 Å². The number of benzene rings is 1. The zero-order valence-electron chi connectivity index (χ0n) is 17.1. The molecule has 1 aromatic rings. The van der Waals surface area contributed by atoms with E-state index in [1.807, 2.05) is 0 Å². The van der Waals surface area contributed by atoms with Crippen molar-refractivity contribution in [2.45, 2.75) is 25.7 Å². The number of hydrogen-bond acceptors (Lipinski definition) is 9. The Morgan fingerprint density at radius 2 is 1.55 bits per heavy atom. The zero-order valence-corrected chi connectivity index (χ0v) is 17.1. The molecule has 29 heavy (non-hydrogen) atoms. The van der Waals surface area contributed by atoms with E-state index < -0.39 is 22.7 Å². The van der Waals surface area contributed by atoms with Crippen molar-refractivity contribution < 1.29 is 23.7 Å². The minimum atomic E-state index is -1.67. The predicted molar refractivity (Wildman–Crippen MR) is 103 cm³/mol. The molecule has 1 aromatic carbocycles. The van der Waals surface area contributed by atoms with Crippen LogP contribution in [0, 0.1) is 33.5 Å². The molecule has 1 saturated carbocycles. The Bertz CT molecular complexity index is 903. The van der Waals surface area contributed by atoms with Crippen LogP contribution in [0.15, 0.2) is 17.1 Å². The summed E-state index contributed by atoms with van der Waals surface area (Å²) < 4.78 is 27.9. The summed E-state index contributed by atoms with van der Waals surface area (Å²) in [5, 5.41) is 20.4. The van der Waals surface area contributed by atoms with Crippen molar-refractivity contribution in [2.75, 3.05) is 34.5 Å². The smallest absolute Gasteiger partial charge is 0.293 e. The number of nitriles is 2.